The highest BCUT2D eigenvalue weighted by atomic mass is 32.2. The van der Waals surface area contributed by atoms with Gasteiger partial charge in [-0.2, -0.15) is 0 Å². The highest BCUT2D eigenvalue weighted by Gasteiger charge is 2.34. The van der Waals surface area contributed by atoms with Crippen LogP contribution in [0.1, 0.15) is 142 Å². The SMILES string of the molecule is CCCCCCCCCCCCCCCCCCOc1ccc(S(=O)(=O)c2cnc3ccc(OC)cc3c2N2CCC(N3CCN(C4CCN(CC)CC4)CC3)CC2)cc1F. The summed E-state index contributed by atoms with van der Waals surface area (Å²) in [4.78, 5) is 14.7. The number of piperidine rings is 2. The molecule has 0 N–H and O–H groups in total. The van der Waals surface area contributed by atoms with Gasteiger partial charge in [0.05, 0.1) is 29.8 Å². The number of sulfone groups is 1. The van der Waals surface area contributed by atoms with Crippen molar-refractivity contribution >= 4 is 26.4 Å². The molecule has 340 valence electrons. The van der Waals surface area contributed by atoms with Gasteiger partial charge in [-0.1, -0.05) is 110 Å². The molecule has 6 rings (SSSR count). The van der Waals surface area contributed by atoms with Crippen LogP contribution in [0.5, 0.6) is 11.5 Å². The fourth-order valence-electron chi connectivity index (χ4n) is 10.0. The Labute approximate surface area is 368 Å². The summed E-state index contributed by atoms with van der Waals surface area (Å²) in [5, 5.41) is 0.723. The fraction of sp³-hybridized carbons (Fsp3) is 0.700. The molecule has 3 aliphatic rings. The largest absolute Gasteiger partial charge is 0.497 e. The number of hydrogen-bond donors (Lipinski definition) is 0. The number of fused-ring (bicyclic) bond motifs is 1. The third kappa shape index (κ3) is 13.5. The van der Waals surface area contributed by atoms with Crippen molar-refractivity contribution in [3.8, 4) is 11.5 Å². The Morgan fingerprint density at radius 2 is 1.21 bits per heavy atom. The Morgan fingerprint density at radius 1 is 0.672 bits per heavy atom. The zero-order valence-electron chi connectivity index (χ0n) is 38.1. The Bertz CT molecular complexity index is 1860. The van der Waals surface area contributed by atoms with Gasteiger partial charge in [0, 0.05) is 62.9 Å². The van der Waals surface area contributed by atoms with E-state index in [-0.39, 0.29) is 15.5 Å². The maximum absolute atomic E-state index is 15.6. The average molecular weight is 864 g/mol. The molecule has 3 aliphatic heterocycles. The Balaban J connectivity index is 0.984. The summed E-state index contributed by atoms with van der Waals surface area (Å²) < 4.78 is 55.9. The molecule has 0 amide bonds. The highest BCUT2D eigenvalue weighted by molar-refractivity contribution is 7.91. The molecule has 1 aromatic heterocycles. The monoisotopic (exact) mass is 864 g/mol. The Morgan fingerprint density at radius 3 is 1.74 bits per heavy atom. The number of benzene rings is 2. The zero-order chi connectivity index (χ0) is 42.9. The van der Waals surface area contributed by atoms with Gasteiger partial charge in [-0.15, -0.1) is 0 Å². The van der Waals surface area contributed by atoms with Gasteiger partial charge in [0.15, 0.2) is 11.6 Å². The average Bonchev–Trinajstić information content (AvgIpc) is 3.30. The molecular weight excluding hydrogens is 786 g/mol. The number of methoxy groups -OCH3 is 1. The molecule has 2 aromatic carbocycles. The number of nitrogens with zero attached hydrogens (tertiary/aromatic N) is 5. The van der Waals surface area contributed by atoms with Crippen LogP contribution in [-0.2, 0) is 9.84 Å². The van der Waals surface area contributed by atoms with Crippen LogP contribution in [0, 0.1) is 5.82 Å². The normalized spacial score (nSPS) is 18.0. The first-order valence-electron chi connectivity index (χ1n) is 24.4. The first-order chi connectivity index (χ1) is 29.8. The van der Waals surface area contributed by atoms with Crippen molar-refractivity contribution in [3.63, 3.8) is 0 Å². The number of likely N-dealkylation sites (tertiary alicyclic amines) is 1. The van der Waals surface area contributed by atoms with E-state index in [2.05, 4.69) is 38.4 Å². The maximum Gasteiger partial charge on any atom is 0.210 e. The molecular formula is C50H78FN5O4S. The summed E-state index contributed by atoms with van der Waals surface area (Å²) in [5.74, 6) is 0.0586. The van der Waals surface area contributed by atoms with Crippen molar-refractivity contribution in [2.24, 2.45) is 0 Å². The summed E-state index contributed by atoms with van der Waals surface area (Å²) in [5.41, 5.74) is 1.32. The van der Waals surface area contributed by atoms with Crippen molar-refractivity contribution in [1.82, 2.24) is 19.7 Å². The molecule has 0 atom stereocenters. The standard InChI is InChI=1S/C50H78FN5O4S/c1-4-6-7-8-9-10-11-12-13-14-15-16-17-18-19-20-37-60-48-24-22-44(39-46(48)51)61(57,58)49-40-52-47-23-21-43(59-3)38-45(47)50(49)56-31-27-42(28-32-56)55-35-33-54(34-36-55)41-25-29-53(5-2)30-26-41/h21-24,38-42H,4-20,25-37H2,1-3H3. The van der Waals surface area contributed by atoms with Crippen molar-refractivity contribution in [2.75, 3.05) is 77.5 Å². The number of pyridine rings is 1. The third-order valence-corrected chi connectivity index (χ3v) is 15.7. The fourth-order valence-corrected chi connectivity index (χ4v) is 11.5. The molecule has 3 aromatic rings. The van der Waals surface area contributed by atoms with E-state index in [4.69, 9.17) is 9.47 Å². The van der Waals surface area contributed by atoms with Crippen molar-refractivity contribution in [2.45, 2.75) is 164 Å². The van der Waals surface area contributed by atoms with Crippen LogP contribution in [-0.4, -0.2) is 113 Å². The molecule has 4 heterocycles. The number of anilines is 1. The van der Waals surface area contributed by atoms with Crippen molar-refractivity contribution in [1.29, 1.82) is 0 Å². The van der Waals surface area contributed by atoms with Crippen LogP contribution in [0.25, 0.3) is 10.9 Å². The lowest BCUT2D eigenvalue weighted by Crippen LogP contribution is -2.56. The topological polar surface area (TPSA) is 78.4 Å². The van der Waals surface area contributed by atoms with Gasteiger partial charge in [-0.3, -0.25) is 14.8 Å². The number of piperazine rings is 1. The molecule has 0 unspecified atom stereocenters. The first-order valence-corrected chi connectivity index (χ1v) is 25.9. The quantitative estimate of drug-likeness (QED) is 0.0774. The van der Waals surface area contributed by atoms with Crippen molar-refractivity contribution < 1.29 is 22.3 Å². The predicted molar refractivity (Wildman–Crippen MR) is 249 cm³/mol. The lowest BCUT2D eigenvalue weighted by molar-refractivity contribution is 0.0384. The van der Waals surface area contributed by atoms with Gasteiger partial charge < -0.3 is 19.3 Å². The summed E-state index contributed by atoms with van der Waals surface area (Å²) >= 11 is 0. The van der Waals surface area contributed by atoms with Gasteiger partial charge in [0.1, 0.15) is 10.6 Å². The molecule has 0 aliphatic carbocycles. The number of hydrogen-bond acceptors (Lipinski definition) is 9. The second kappa shape index (κ2) is 24.7. The predicted octanol–water partition coefficient (Wildman–Crippen LogP) is 10.9. The second-order valence-electron chi connectivity index (χ2n) is 18.1. The van der Waals surface area contributed by atoms with Gasteiger partial charge >= 0.3 is 0 Å². The highest BCUT2D eigenvalue weighted by Crippen LogP contribution is 2.39. The van der Waals surface area contributed by atoms with E-state index in [1.54, 1.807) is 7.11 Å². The van der Waals surface area contributed by atoms with E-state index in [0.29, 0.717) is 35.6 Å². The molecule has 11 heteroatoms. The van der Waals surface area contributed by atoms with Crippen LogP contribution in [0.3, 0.4) is 0 Å². The smallest absolute Gasteiger partial charge is 0.210 e. The van der Waals surface area contributed by atoms with Crippen molar-refractivity contribution in [3.05, 3.63) is 48.4 Å². The molecule has 61 heavy (non-hydrogen) atoms. The summed E-state index contributed by atoms with van der Waals surface area (Å²) in [6, 6.07) is 10.8. The van der Waals surface area contributed by atoms with Gasteiger partial charge in [0.25, 0.3) is 0 Å². The van der Waals surface area contributed by atoms with Crippen LogP contribution in [0.4, 0.5) is 10.1 Å². The van der Waals surface area contributed by atoms with Crippen LogP contribution < -0.4 is 14.4 Å². The molecule has 3 fully saturated rings. The summed E-state index contributed by atoms with van der Waals surface area (Å²) in [6.07, 6.45) is 26.5. The number of halogens is 1. The number of ether oxygens (including phenoxy) is 2. The lowest BCUT2D eigenvalue weighted by Gasteiger charge is -2.46. The lowest BCUT2D eigenvalue weighted by atomic mass is 9.99. The number of unbranched alkanes of at least 4 members (excludes halogenated alkanes) is 15. The van der Waals surface area contributed by atoms with E-state index in [1.807, 2.05) is 18.2 Å². The Hall–Kier alpha value is -2.99. The van der Waals surface area contributed by atoms with Gasteiger partial charge in [-0.05, 0) is 88.1 Å². The number of aromatic nitrogens is 1. The molecule has 0 spiro atoms. The molecule has 0 saturated carbocycles. The van der Waals surface area contributed by atoms with Gasteiger partial charge in [0.2, 0.25) is 9.84 Å². The van der Waals surface area contributed by atoms with E-state index in [0.717, 1.165) is 89.4 Å². The minimum absolute atomic E-state index is 0.0892. The van der Waals surface area contributed by atoms with Gasteiger partial charge in [-0.25, -0.2) is 12.8 Å². The molecule has 3 saturated heterocycles. The summed E-state index contributed by atoms with van der Waals surface area (Å²) in [6.45, 7) is 14.4. The van der Waals surface area contributed by atoms with E-state index in [9.17, 15) is 8.42 Å². The molecule has 9 nitrogen and oxygen atoms in total. The number of rotatable bonds is 25. The maximum atomic E-state index is 15.6. The third-order valence-electron chi connectivity index (χ3n) is 13.9. The zero-order valence-corrected chi connectivity index (χ0v) is 38.9. The van der Waals surface area contributed by atoms with Crippen LogP contribution >= 0.6 is 0 Å². The molecule has 0 radical (unpaired) electrons. The van der Waals surface area contributed by atoms with E-state index >= 15 is 4.39 Å². The van der Waals surface area contributed by atoms with Crippen LogP contribution in [0.2, 0.25) is 0 Å². The van der Waals surface area contributed by atoms with Crippen LogP contribution in [0.15, 0.2) is 52.4 Å². The minimum atomic E-state index is -4.14. The molecule has 0 bridgehead atoms. The second-order valence-corrected chi connectivity index (χ2v) is 20.0. The Kier molecular flexibility index (Phi) is 19.3. The first kappa shape index (κ1) is 47.5. The van der Waals surface area contributed by atoms with E-state index < -0.39 is 15.7 Å². The van der Waals surface area contributed by atoms with E-state index in [1.165, 1.54) is 128 Å². The minimum Gasteiger partial charge on any atom is -0.497 e. The summed E-state index contributed by atoms with van der Waals surface area (Å²) in [7, 11) is -2.53.